The number of aromatic amines is 1. The van der Waals surface area contributed by atoms with Gasteiger partial charge in [-0.2, -0.15) is 9.97 Å². The fourth-order valence-corrected chi connectivity index (χ4v) is 4.96. The van der Waals surface area contributed by atoms with Crippen molar-refractivity contribution in [2.45, 2.75) is 53.1 Å². The van der Waals surface area contributed by atoms with Crippen molar-refractivity contribution in [1.29, 1.82) is 0 Å². The predicted octanol–water partition coefficient (Wildman–Crippen LogP) is 3.98. The number of benzene rings is 1. The molecule has 1 unspecified atom stereocenters. The Balaban J connectivity index is 1.45. The zero-order chi connectivity index (χ0) is 25.2. The lowest BCUT2D eigenvalue weighted by atomic mass is 9.96. The number of nitrogens with zero attached hydrogens (tertiary/aromatic N) is 7. The smallest absolute Gasteiger partial charge is 0.229 e. The summed E-state index contributed by atoms with van der Waals surface area (Å²) in [6.07, 6.45) is 3.66. The lowest BCUT2D eigenvalue weighted by molar-refractivity contribution is -0.135. The molecule has 0 spiro atoms. The van der Waals surface area contributed by atoms with Gasteiger partial charge in [-0.1, -0.05) is 12.1 Å². The van der Waals surface area contributed by atoms with Crippen LogP contribution < -0.4 is 10.2 Å². The molecular formula is C26H35N9O. The van der Waals surface area contributed by atoms with Gasteiger partial charge in [0.05, 0.1) is 29.8 Å². The first-order valence-electron chi connectivity index (χ1n) is 12.9. The third kappa shape index (κ3) is 4.59. The first kappa shape index (κ1) is 24.0. The van der Waals surface area contributed by atoms with Gasteiger partial charge in [0.2, 0.25) is 11.9 Å². The summed E-state index contributed by atoms with van der Waals surface area (Å²) < 4.78 is 2.06. The van der Waals surface area contributed by atoms with Crippen molar-refractivity contribution in [1.82, 2.24) is 34.4 Å². The molecule has 0 aliphatic carbocycles. The maximum Gasteiger partial charge on any atom is 0.229 e. The molecule has 0 saturated carbocycles. The summed E-state index contributed by atoms with van der Waals surface area (Å²) in [6, 6.07) is 8.19. The number of hydrogen-bond acceptors (Lipinski definition) is 7. The molecule has 1 saturated heterocycles. The number of piperidine rings is 1. The second-order valence-electron chi connectivity index (χ2n) is 9.64. The summed E-state index contributed by atoms with van der Waals surface area (Å²) in [7, 11) is 0. The molecule has 4 heterocycles. The fraction of sp³-hybridized carbons (Fsp3) is 0.500. The SMILES string of the molecule is CCN(CC)C(=O)C1CCCN(c2nc(NCc3nc4ccccc4[nH]3)c3ncn(C(C)C)c3n2)C1. The van der Waals surface area contributed by atoms with Gasteiger partial charge in [-0.25, -0.2) is 9.97 Å². The summed E-state index contributed by atoms with van der Waals surface area (Å²) in [5.41, 5.74) is 3.46. The minimum atomic E-state index is -0.0417. The number of carbonyl (C=O) groups is 1. The van der Waals surface area contributed by atoms with E-state index in [1.807, 2.05) is 49.3 Å². The molecule has 10 heteroatoms. The van der Waals surface area contributed by atoms with Gasteiger partial charge in [0.25, 0.3) is 0 Å². The molecule has 1 atom stereocenters. The van der Waals surface area contributed by atoms with Gasteiger partial charge in [-0.3, -0.25) is 4.79 Å². The average molecular weight is 490 g/mol. The van der Waals surface area contributed by atoms with Gasteiger partial charge in [0, 0.05) is 32.2 Å². The highest BCUT2D eigenvalue weighted by Gasteiger charge is 2.30. The Morgan fingerprint density at radius 1 is 1.19 bits per heavy atom. The molecule has 10 nitrogen and oxygen atoms in total. The van der Waals surface area contributed by atoms with Crippen LogP contribution in [0.1, 0.15) is 52.4 Å². The van der Waals surface area contributed by atoms with Crippen molar-refractivity contribution in [3.8, 4) is 0 Å². The van der Waals surface area contributed by atoms with E-state index in [0.717, 1.165) is 60.5 Å². The van der Waals surface area contributed by atoms with Crippen LogP contribution in [-0.4, -0.2) is 66.5 Å². The number of imidazole rings is 2. The molecule has 2 N–H and O–H groups in total. The number of nitrogens with one attached hydrogen (secondary N) is 2. The molecule has 190 valence electrons. The Hall–Kier alpha value is -3.69. The molecular weight excluding hydrogens is 454 g/mol. The van der Waals surface area contributed by atoms with E-state index in [9.17, 15) is 4.79 Å². The van der Waals surface area contributed by atoms with Crippen LogP contribution >= 0.6 is 0 Å². The van der Waals surface area contributed by atoms with E-state index in [1.165, 1.54) is 0 Å². The monoisotopic (exact) mass is 489 g/mol. The second kappa shape index (κ2) is 10.1. The number of amides is 1. The van der Waals surface area contributed by atoms with Crippen LogP contribution in [0.2, 0.25) is 0 Å². The van der Waals surface area contributed by atoms with Crippen molar-refractivity contribution < 1.29 is 4.79 Å². The summed E-state index contributed by atoms with van der Waals surface area (Å²) >= 11 is 0. The van der Waals surface area contributed by atoms with Crippen molar-refractivity contribution in [3.63, 3.8) is 0 Å². The van der Waals surface area contributed by atoms with Crippen molar-refractivity contribution in [2.24, 2.45) is 5.92 Å². The largest absolute Gasteiger partial charge is 0.361 e. The Bertz CT molecular complexity index is 1320. The van der Waals surface area contributed by atoms with Gasteiger partial charge < -0.3 is 24.7 Å². The van der Waals surface area contributed by atoms with Gasteiger partial charge in [0.1, 0.15) is 5.82 Å². The third-order valence-corrected chi connectivity index (χ3v) is 6.96. The number of anilines is 2. The molecule has 3 aromatic heterocycles. The normalized spacial score (nSPS) is 16.2. The fourth-order valence-electron chi connectivity index (χ4n) is 4.96. The van der Waals surface area contributed by atoms with Crippen LogP contribution in [0, 0.1) is 5.92 Å². The summed E-state index contributed by atoms with van der Waals surface area (Å²) in [4.78, 5) is 39.7. The molecule has 1 aromatic carbocycles. The maximum atomic E-state index is 13.1. The van der Waals surface area contributed by atoms with E-state index in [-0.39, 0.29) is 17.9 Å². The lowest BCUT2D eigenvalue weighted by Gasteiger charge is -2.34. The molecule has 1 aliphatic heterocycles. The van der Waals surface area contributed by atoms with Crippen molar-refractivity contribution in [2.75, 3.05) is 36.4 Å². The van der Waals surface area contributed by atoms with E-state index in [1.54, 1.807) is 0 Å². The van der Waals surface area contributed by atoms with Crippen LogP contribution in [-0.2, 0) is 11.3 Å². The predicted molar refractivity (Wildman–Crippen MR) is 142 cm³/mol. The zero-order valence-corrected chi connectivity index (χ0v) is 21.5. The standard InChI is InChI=1S/C26H35N9O/c1-5-33(6-2)25(36)18-10-9-13-34(15-18)26-31-23(22-24(32-26)35(16-28-22)17(3)4)27-14-21-29-19-11-7-8-12-20(19)30-21/h7-8,11-12,16-18H,5-6,9-10,13-15H2,1-4H3,(H,29,30)(H,27,31,32). The third-order valence-electron chi connectivity index (χ3n) is 6.96. The number of aromatic nitrogens is 6. The maximum absolute atomic E-state index is 13.1. The van der Waals surface area contributed by atoms with Gasteiger partial charge in [-0.05, 0) is 52.7 Å². The Morgan fingerprint density at radius 2 is 2.00 bits per heavy atom. The molecule has 0 bridgehead atoms. The topological polar surface area (TPSA) is 108 Å². The minimum absolute atomic E-state index is 0.0417. The zero-order valence-electron chi connectivity index (χ0n) is 21.5. The Labute approximate surface area is 211 Å². The minimum Gasteiger partial charge on any atom is -0.361 e. The molecule has 36 heavy (non-hydrogen) atoms. The molecule has 4 aromatic rings. The summed E-state index contributed by atoms with van der Waals surface area (Å²) in [5.74, 6) is 2.32. The van der Waals surface area contributed by atoms with Gasteiger partial charge in [-0.15, -0.1) is 0 Å². The molecule has 1 amide bonds. The quantitative estimate of drug-likeness (QED) is 0.385. The molecule has 0 radical (unpaired) electrons. The number of para-hydroxylation sites is 2. The second-order valence-corrected chi connectivity index (χ2v) is 9.64. The van der Waals surface area contributed by atoms with Crippen LogP contribution in [0.5, 0.6) is 0 Å². The van der Waals surface area contributed by atoms with Crippen LogP contribution in [0.15, 0.2) is 30.6 Å². The van der Waals surface area contributed by atoms with E-state index < -0.39 is 0 Å². The van der Waals surface area contributed by atoms with E-state index in [4.69, 9.17) is 9.97 Å². The first-order valence-corrected chi connectivity index (χ1v) is 12.9. The van der Waals surface area contributed by atoms with E-state index >= 15 is 0 Å². The van der Waals surface area contributed by atoms with Crippen LogP contribution in [0.4, 0.5) is 11.8 Å². The summed E-state index contributed by atoms with van der Waals surface area (Å²) in [6.45, 7) is 11.7. The Kier molecular flexibility index (Phi) is 6.75. The number of H-pyrrole nitrogens is 1. The summed E-state index contributed by atoms with van der Waals surface area (Å²) in [5, 5.41) is 3.44. The van der Waals surface area contributed by atoms with Crippen molar-refractivity contribution >= 4 is 39.9 Å². The number of hydrogen-bond donors (Lipinski definition) is 2. The highest BCUT2D eigenvalue weighted by molar-refractivity contribution is 5.85. The van der Waals surface area contributed by atoms with Crippen LogP contribution in [0.25, 0.3) is 22.2 Å². The van der Waals surface area contributed by atoms with Gasteiger partial charge >= 0.3 is 0 Å². The number of fused-ring (bicyclic) bond motifs is 2. The lowest BCUT2D eigenvalue weighted by Crippen LogP contribution is -2.45. The molecule has 5 rings (SSSR count). The first-order chi connectivity index (χ1) is 17.5. The van der Waals surface area contributed by atoms with Gasteiger partial charge in [0.15, 0.2) is 17.0 Å². The van der Waals surface area contributed by atoms with Crippen LogP contribution in [0.3, 0.4) is 0 Å². The van der Waals surface area contributed by atoms with E-state index in [2.05, 4.69) is 43.6 Å². The number of carbonyl (C=O) groups excluding carboxylic acids is 1. The Morgan fingerprint density at radius 3 is 2.75 bits per heavy atom. The highest BCUT2D eigenvalue weighted by atomic mass is 16.2. The highest BCUT2D eigenvalue weighted by Crippen LogP contribution is 2.28. The average Bonchev–Trinajstić information content (AvgIpc) is 3.52. The van der Waals surface area contributed by atoms with E-state index in [0.29, 0.717) is 24.9 Å². The van der Waals surface area contributed by atoms with Crippen molar-refractivity contribution in [3.05, 3.63) is 36.4 Å². The molecule has 1 fully saturated rings. The number of rotatable bonds is 8. The molecule has 1 aliphatic rings.